The van der Waals surface area contributed by atoms with Crippen molar-refractivity contribution >= 4 is 28.4 Å². The summed E-state index contributed by atoms with van der Waals surface area (Å²) in [5, 5.41) is 1.04. The molecule has 1 aromatic heterocycles. The fraction of sp³-hybridized carbons (Fsp3) is 0.263. The SMILES string of the molecule is CCC(C)C(C(=O)N1CCN(c2ccc(F)cc2)CC1)N1C(=O)c2ccccc2C1c1c(-c2ccccc2)[nH]c2ccccc12. The van der Waals surface area contributed by atoms with Crippen molar-refractivity contribution in [3.05, 3.63) is 126 Å². The second-order valence-corrected chi connectivity index (χ2v) is 12.1. The fourth-order valence-electron chi connectivity index (χ4n) is 7.08. The largest absolute Gasteiger partial charge is 0.368 e. The highest BCUT2D eigenvalue weighted by Gasteiger charge is 2.48. The van der Waals surface area contributed by atoms with Gasteiger partial charge < -0.3 is 19.7 Å². The van der Waals surface area contributed by atoms with Gasteiger partial charge >= 0.3 is 0 Å². The minimum atomic E-state index is -0.644. The van der Waals surface area contributed by atoms with E-state index in [4.69, 9.17) is 0 Å². The maximum absolute atomic E-state index is 14.7. The Morgan fingerprint density at radius 2 is 1.53 bits per heavy atom. The number of halogens is 1. The lowest BCUT2D eigenvalue weighted by Crippen LogP contribution is -2.57. The smallest absolute Gasteiger partial charge is 0.255 e. The number of benzene rings is 4. The van der Waals surface area contributed by atoms with Gasteiger partial charge in [-0.05, 0) is 53.4 Å². The molecule has 1 N–H and O–H groups in total. The number of para-hydroxylation sites is 1. The summed E-state index contributed by atoms with van der Waals surface area (Å²) in [7, 11) is 0. The van der Waals surface area contributed by atoms with Crippen molar-refractivity contribution in [1.29, 1.82) is 0 Å². The van der Waals surface area contributed by atoms with Crippen molar-refractivity contribution < 1.29 is 14.0 Å². The Balaban J connectivity index is 1.31. The lowest BCUT2D eigenvalue weighted by Gasteiger charge is -2.42. The summed E-state index contributed by atoms with van der Waals surface area (Å²) >= 11 is 0. The van der Waals surface area contributed by atoms with E-state index in [1.165, 1.54) is 12.1 Å². The van der Waals surface area contributed by atoms with E-state index < -0.39 is 12.1 Å². The van der Waals surface area contributed by atoms with Crippen LogP contribution in [0, 0.1) is 11.7 Å². The molecule has 0 radical (unpaired) electrons. The number of fused-ring (bicyclic) bond motifs is 2. The second kappa shape index (κ2) is 11.9. The molecule has 5 aromatic rings. The second-order valence-electron chi connectivity index (χ2n) is 12.1. The minimum absolute atomic E-state index is 0.0182. The van der Waals surface area contributed by atoms with E-state index in [1.807, 2.05) is 64.4 Å². The number of aromatic amines is 1. The van der Waals surface area contributed by atoms with Crippen LogP contribution >= 0.6 is 0 Å². The normalized spacial score (nSPS) is 17.9. The van der Waals surface area contributed by atoms with E-state index in [9.17, 15) is 14.0 Å². The van der Waals surface area contributed by atoms with E-state index >= 15 is 0 Å². The van der Waals surface area contributed by atoms with Gasteiger partial charge in [-0.2, -0.15) is 0 Å². The molecule has 7 heteroatoms. The lowest BCUT2D eigenvalue weighted by atomic mass is 9.90. The third-order valence-electron chi connectivity index (χ3n) is 9.60. The molecule has 228 valence electrons. The number of hydrogen-bond donors (Lipinski definition) is 1. The number of carbonyl (C=O) groups excluding carboxylic acids is 2. The first-order valence-electron chi connectivity index (χ1n) is 15.8. The molecular weight excluding hydrogens is 563 g/mol. The van der Waals surface area contributed by atoms with Crippen molar-refractivity contribution in [2.75, 3.05) is 31.1 Å². The number of H-pyrrole nitrogens is 1. The Morgan fingerprint density at radius 1 is 0.867 bits per heavy atom. The number of piperazine rings is 1. The predicted octanol–water partition coefficient (Wildman–Crippen LogP) is 7.28. The van der Waals surface area contributed by atoms with Crippen LogP contribution in [0.25, 0.3) is 22.2 Å². The summed E-state index contributed by atoms with van der Waals surface area (Å²) in [5.74, 6) is -0.460. The molecule has 0 aliphatic carbocycles. The molecule has 3 atom stereocenters. The van der Waals surface area contributed by atoms with Gasteiger partial charge in [-0.1, -0.05) is 87.0 Å². The quantitative estimate of drug-likeness (QED) is 0.214. The molecule has 1 fully saturated rings. The third-order valence-corrected chi connectivity index (χ3v) is 9.60. The number of nitrogens with zero attached hydrogens (tertiary/aromatic N) is 3. The number of aromatic nitrogens is 1. The summed E-state index contributed by atoms with van der Waals surface area (Å²) in [6, 6.07) is 31.6. The zero-order chi connectivity index (χ0) is 31.1. The van der Waals surface area contributed by atoms with E-state index in [2.05, 4.69) is 48.0 Å². The molecule has 1 saturated heterocycles. The van der Waals surface area contributed by atoms with E-state index in [0.29, 0.717) is 31.7 Å². The molecule has 6 nitrogen and oxygen atoms in total. The summed E-state index contributed by atoms with van der Waals surface area (Å²) in [4.78, 5) is 38.8. The average Bonchev–Trinajstić information content (AvgIpc) is 3.60. The molecule has 0 bridgehead atoms. The Hall–Kier alpha value is -4.91. The summed E-state index contributed by atoms with van der Waals surface area (Å²) < 4.78 is 13.5. The monoisotopic (exact) mass is 600 g/mol. The lowest BCUT2D eigenvalue weighted by molar-refractivity contribution is -0.138. The molecule has 2 aliphatic rings. The van der Waals surface area contributed by atoms with Crippen LogP contribution in [-0.2, 0) is 4.79 Å². The average molecular weight is 601 g/mol. The fourth-order valence-corrected chi connectivity index (χ4v) is 7.08. The van der Waals surface area contributed by atoms with Crippen molar-refractivity contribution in [2.24, 2.45) is 5.92 Å². The molecule has 3 unspecified atom stereocenters. The van der Waals surface area contributed by atoms with Crippen molar-refractivity contribution in [2.45, 2.75) is 32.4 Å². The zero-order valence-electron chi connectivity index (χ0n) is 25.6. The first kappa shape index (κ1) is 28.8. The van der Waals surface area contributed by atoms with Gasteiger partial charge in [0.1, 0.15) is 11.9 Å². The van der Waals surface area contributed by atoms with Crippen LogP contribution in [0.5, 0.6) is 0 Å². The molecular formula is C38H37FN4O2. The maximum atomic E-state index is 14.7. The highest BCUT2D eigenvalue weighted by molar-refractivity contribution is 6.04. The van der Waals surface area contributed by atoms with E-state index in [1.54, 1.807) is 12.1 Å². The van der Waals surface area contributed by atoms with Crippen LogP contribution in [0.4, 0.5) is 10.1 Å². The summed E-state index contributed by atoms with van der Waals surface area (Å²) in [5.41, 5.74) is 6.51. The first-order chi connectivity index (χ1) is 22.0. The zero-order valence-corrected chi connectivity index (χ0v) is 25.6. The van der Waals surface area contributed by atoms with Crippen LogP contribution in [0.2, 0.25) is 0 Å². The predicted molar refractivity (Wildman–Crippen MR) is 177 cm³/mol. The van der Waals surface area contributed by atoms with Crippen molar-refractivity contribution in [3.8, 4) is 11.3 Å². The van der Waals surface area contributed by atoms with Crippen LogP contribution < -0.4 is 4.90 Å². The Kier molecular flexibility index (Phi) is 7.61. The van der Waals surface area contributed by atoms with Gasteiger partial charge in [-0.25, -0.2) is 4.39 Å². The van der Waals surface area contributed by atoms with Crippen LogP contribution in [0.1, 0.15) is 47.8 Å². The standard InChI is InChI=1S/C38H37FN4O2/c1-3-25(2)35(38(45)42-23-21-41(22-24-42)28-19-17-27(39)18-20-28)43-36(29-13-7-8-14-30(29)37(43)44)33-31-15-9-10-16-32(31)40-34(33)26-11-5-4-6-12-26/h4-20,25,35-36,40H,3,21-24H2,1-2H3. The minimum Gasteiger partial charge on any atom is -0.368 e. The number of nitrogens with one attached hydrogen (secondary N) is 1. The molecule has 2 aliphatic heterocycles. The van der Waals surface area contributed by atoms with Crippen LogP contribution in [-0.4, -0.2) is 58.8 Å². The molecule has 4 aromatic carbocycles. The molecule has 2 amide bonds. The Bertz CT molecular complexity index is 1840. The summed E-state index contributed by atoms with van der Waals surface area (Å²) in [6.07, 6.45) is 0.748. The Morgan fingerprint density at radius 3 is 2.27 bits per heavy atom. The van der Waals surface area contributed by atoms with Crippen LogP contribution in [0.3, 0.4) is 0 Å². The number of amides is 2. The van der Waals surface area contributed by atoms with Gasteiger partial charge in [-0.15, -0.1) is 0 Å². The molecule has 3 heterocycles. The number of rotatable bonds is 7. The number of hydrogen-bond acceptors (Lipinski definition) is 3. The highest BCUT2D eigenvalue weighted by Crippen LogP contribution is 2.47. The van der Waals surface area contributed by atoms with Gasteiger partial charge in [0.15, 0.2) is 0 Å². The number of carbonyl (C=O) groups is 2. The third kappa shape index (κ3) is 5.06. The van der Waals surface area contributed by atoms with Crippen molar-refractivity contribution in [1.82, 2.24) is 14.8 Å². The van der Waals surface area contributed by atoms with E-state index in [-0.39, 0.29) is 23.5 Å². The van der Waals surface area contributed by atoms with Crippen molar-refractivity contribution in [3.63, 3.8) is 0 Å². The first-order valence-corrected chi connectivity index (χ1v) is 15.8. The maximum Gasteiger partial charge on any atom is 0.255 e. The number of anilines is 1. The Labute approximate surface area is 263 Å². The molecule has 0 spiro atoms. The van der Waals surface area contributed by atoms with E-state index in [0.717, 1.165) is 45.4 Å². The van der Waals surface area contributed by atoms with Gasteiger partial charge in [0.2, 0.25) is 5.91 Å². The van der Waals surface area contributed by atoms with Gasteiger partial charge in [0.25, 0.3) is 5.91 Å². The molecule has 45 heavy (non-hydrogen) atoms. The molecule has 7 rings (SSSR count). The van der Waals surface area contributed by atoms with Crippen LogP contribution in [0.15, 0.2) is 103 Å². The van der Waals surface area contributed by atoms with Gasteiger partial charge in [-0.3, -0.25) is 9.59 Å². The topological polar surface area (TPSA) is 59.7 Å². The molecule has 0 saturated carbocycles. The highest BCUT2D eigenvalue weighted by atomic mass is 19.1. The van der Waals surface area contributed by atoms with Gasteiger partial charge in [0.05, 0.1) is 11.7 Å². The van der Waals surface area contributed by atoms with Gasteiger partial charge in [0, 0.05) is 53.9 Å². The summed E-state index contributed by atoms with van der Waals surface area (Å²) in [6.45, 7) is 6.51.